The summed E-state index contributed by atoms with van der Waals surface area (Å²) in [6.45, 7) is 12.3. The number of benzene rings is 2. The molecule has 29 heavy (non-hydrogen) atoms. The maximum Gasteiger partial charge on any atom is 0.251 e. The Morgan fingerprint density at radius 1 is 1.38 bits per heavy atom. The molecule has 2 atom stereocenters. The summed E-state index contributed by atoms with van der Waals surface area (Å²) in [5.41, 5.74) is 13.5. The van der Waals surface area contributed by atoms with E-state index in [0.29, 0.717) is 11.5 Å². The lowest BCUT2D eigenvalue weighted by atomic mass is 9.83. The molecule has 0 aliphatic carbocycles. The number of carbonyl (C=O) groups excluding carboxylic acids is 1. The fourth-order valence-electron chi connectivity index (χ4n) is 4.15. The van der Waals surface area contributed by atoms with Crippen molar-refractivity contribution in [3.63, 3.8) is 0 Å². The molecule has 1 heterocycles. The van der Waals surface area contributed by atoms with Crippen molar-refractivity contribution in [2.24, 2.45) is 16.6 Å². The van der Waals surface area contributed by atoms with Crippen molar-refractivity contribution in [2.75, 3.05) is 5.32 Å². The number of primary amides is 1. The number of carbonyl (C=O) groups is 1. The van der Waals surface area contributed by atoms with Crippen molar-refractivity contribution in [1.29, 1.82) is 0 Å². The SMILES string of the molecule is C=CNc1c(C(N)=O)c(C)cc(-c2ccc3c(c2)N=C[C@@H](CC)C3)c1[C@H](C)CC. The summed E-state index contributed by atoms with van der Waals surface area (Å²) in [5.74, 6) is 0.336. The molecule has 3 N–H and O–H groups in total. The first kappa shape index (κ1) is 20.8. The molecule has 1 aliphatic heterocycles. The maximum atomic E-state index is 12.2. The fourth-order valence-corrected chi connectivity index (χ4v) is 4.15. The number of hydrogen-bond donors (Lipinski definition) is 2. The van der Waals surface area contributed by atoms with E-state index in [1.54, 1.807) is 6.20 Å². The zero-order valence-electron chi connectivity index (χ0n) is 17.9. The zero-order chi connectivity index (χ0) is 21.1. The van der Waals surface area contributed by atoms with Crippen LogP contribution in [0.4, 0.5) is 11.4 Å². The first-order chi connectivity index (χ1) is 13.9. The minimum atomic E-state index is -0.427. The van der Waals surface area contributed by atoms with Crippen LogP contribution in [0.1, 0.15) is 66.6 Å². The highest BCUT2D eigenvalue weighted by Gasteiger charge is 2.24. The highest BCUT2D eigenvalue weighted by atomic mass is 16.1. The van der Waals surface area contributed by atoms with Crippen LogP contribution in [0.5, 0.6) is 0 Å². The maximum absolute atomic E-state index is 12.2. The van der Waals surface area contributed by atoms with Crippen LogP contribution in [0, 0.1) is 12.8 Å². The number of aryl methyl sites for hydroxylation is 1. The number of rotatable bonds is 7. The van der Waals surface area contributed by atoms with Gasteiger partial charge in [-0.1, -0.05) is 45.5 Å². The summed E-state index contributed by atoms with van der Waals surface area (Å²) in [7, 11) is 0. The summed E-state index contributed by atoms with van der Waals surface area (Å²) in [4.78, 5) is 16.9. The second-order valence-electron chi connectivity index (χ2n) is 7.92. The standard InChI is InChI=1S/C25H31N3O/c1-6-15(4)22-20(11-16(5)23(25(26)29)24(22)27-8-3)18-9-10-19-12-17(7-2)14-28-21(19)13-18/h8-11,13-15,17,27H,3,6-7,12H2,1-2,4-5H3,(H2,26,29)/t15-,17+/m1/s1. The molecule has 4 nitrogen and oxygen atoms in total. The number of amides is 1. The Hall–Kier alpha value is -2.88. The van der Waals surface area contributed by atoms with Crippen molar-refractivity contribution >= 4 is 23.5 Å². The van der Waals surface area contributed by atoms with Gasteiger partial charge in [0.1, 0.15) is 0 Å². The average molecular weight is 390 g/mol. The van der Waals surface area contributed by atoms with Crippen LogP contribution < -0.4 is 11.1 Å². The number of aliphatic imine (C=N–C) groups is 1. The minimum Gasteiger partial charge on any atom is -0.366 e. The van der Waals surface area contributed by atoms with Crippen LogP contribution in [-0.4, -0.2) is 12.1 Å². The van der Waals surface area contributed by atoms with Gasteiger partial charge in [-0.2, -0.15) is 0 Å². The van der Waals surface area contributed by atoms with E-state index in [4.69, 9.17) is 10.7 Å². The van der Waals surface area contributed by atoms with E-state index in [2.05, 4.69) is 63.1 Å². The van der Waals surface area contributed by atoms with Crippen LogP contribution in [0.25, 0.3) is 11.1 Å². The quantitative estimate of drug-likeness (QED) is 0.599. The largest absolute Gasteiger partial charge is 0.366 e. The molecule has 0 saturated carbocycles. The van der Waals surface area contributed by atoms with Crippen molar-refractivity contribution < 1.29 is 4.79 Å². The Labute approximate surface area is 173 Å². The second-order valence-corrected chi connectivity index (χ2v) is 7.92. The molecule has 0 radical (unpaired) electrons. The van der Waals surface area contributed by atoms with Crippen LogP contribution in [0.15, 0.2) is 42.0 Å². The topological polar surface area (TPSA) is 67.5 Å². The van der Waals surface area contributed by atoms with E-state index in [1.165, 1.54) is 5.56 Å². The minimum absolute atomic E-state index is 0.246. The van der Waals surface area contributed by atoms with Gasteiger partial charge in [-0.15, -0.1) is 0 Å². The van der Waals surface area contributed by atoms with E-state index in [9.17, 15) is 4.79 Å². The van der Waals surface area contributed by atoms with E-state index in [1.807, 2.05) is 6.92 Å². The number of nitrogens with two attached hydrogens (primary N) is 1. The molecular formula is C25H31N3O. The highest BCUT2D eigenvalue weighted by Crippen LogP contribution is 2.42. The highest BCUT2D eigenvalue weighted by molar-refractivity contribution is 6.02. The van der Waals surface area contributed by atoms with Gasteiger partial charge in [0.15, 0.2) is 0 Å². The smallest absolute Gasteiger partial charge is 0.251 e. The van der Waals surface area contributed by atoms with E-state index >= 15 is 0 Å². The first-order valence-corrected chi connectivity index (χ1v) is 10.4. The normalized spacial score (nSPS) is 16.2. The number of fused-ring (bicyclic) bond motifs is 1. The van der Waals surface area contributed by atoms with Gasteiger partial charge >= 0.3 is 0 Å². The third-order valence-corrected chi connectivity index (χ3v) is 5.99. The zero-order valence-corrected chi connectivity index (χ0v) is 17.9. The van der Waals surface area contributed by atoms with Gasteiger partial charge in [0.05, 0.1) is 16.9 Å². The molecule has 0 unspecified atom stereocenters. The molecule has 2 aromatic rings. The van der Waals surface area contributed by atoms with Gasteiger partial charge in [0, 0.05) is 6.21 Å². The van der Waals surface area contributed by atoms with Crippen molar-refractivity contribution in [3.05, 3.63) is 59.3 Å². The molecular weight excluding hydrogens is 358 g/mol. The van der Waals surface area contributed by atoms with E-state index in [0.717, 1.165) is 52.9 Å². The van der Waals surface area contributed by atoms with Crippen LogP contribution >= 0.6 is 0 Å². The first-order valence-electron chi connectivity index (χ1n) is 10.4. The van der Waals surface area contributed by atoms with Gasteiger partial charge in [0.25, 0.3) is 5.91 Å². The van der Waals surface area contributed by atoms with E-state index < -0.39 is 5.91 Å². The van der Waals surface area contributed by atoms with Gasteiger partial charge in [0.2, 0.25) is 0 Å². The monoisotopic (exact) mass is 389 g/mol. The summed E-state index contributed by atoms with van der Waals surface area (Å²) in [5, 5.41) is 3.20. The fraction of sp³-hybridized carbons (Fsp3) is 0.360. The molecule has 0 saturated heterocycles. The molecule has 0 spiro atoms. The molecule has 0 bridgehead atoms. The third kappa shape index (κ3) is 3.98. The molecule has 4 heteroatoms. The molecule has 1 amide bonds. The van der Waals surface area contributed by atoms with Gasteiger partial charge in [-0.25, -0.2) is 0 Å². The van der Waals surface area contributed by atoms with Crippen molar-refractivity contribution in [2.45, 2.75) is 52.9 Å². The summed E-state index contributed by atoms with van der Waals surface area (Å²) >= 11 is 0. The Bertz CT molecular complexity index is 975. The Morgan fingerprint density at radius 2 is 2.14 bits per heavy atom. The lowest BCUT2D eigenvalue weighted by Gasteiger charge is -2.24. The van der Waals surface area contributed by atoms with Gasteiger partial charge in [-0.05, 0) is 78.1 Å². The van der Waals surface area contributed by atoms with Gasteiger partial charge < -0.3 is 11.1 Å². The second kappa shape index (κ2) is 8.64. The molecule has 3 rings (SSSR count). The third-order valence-electron chi connectivity index (χ3n) is 5.99. The predicted octanol–water partition coefficient (Wildman–Crippen LogP) is 6.11. The summed E-state index contributed by atoms with van der Waals surface area (Å²) < 4.78 is 0. The van der Waals surface area contributed by atoms with Crippen molar-refractivity contribution in [1.82, 2.24) is 0 Å². The lowest BCUT2D eigenvalue weighted by Crippen LogP contribution is -2.17. The number of anilines is 1. The molecule has 0 fully saturated rings. The number of hydrogen-bond acceptors (Lipinski definition) is 3. The lowest BCUT2D eigenvalue weighted by molar-refractivity contribution is 0.100. The van der Waals surface area contributed by atoms with Crippen molar-refractivity contribution in [3.8, 4) is 11.1 Å². The Kier molecular flexibility index (Phi) is 6.21. The molecule has 1 aliphatic rings. The van der Waals surface area contributed by atoms with Crippen LogP contribution in [0.3, 0.4) is 0 Å². The average Bonchev–Trinajstić information content (AvgIpc) is 2.72. The van der Waals surface area contributed by atoms with E-state index in [-0.39, 0.29) is 5.92 Å². The molecule has 2 aromatic carbocycles. The van der Waals surface area contributed by atoms with Crippen LogP contribution in [0.2, 0.25) is 0 Å². The predicted molar refractivity (Wildman–Crippen MR) is 123 cm³/mol. The molecule has 0 aromatic heterocycles. The molecule has 152 valence electrons. The Morgan fingerprint density at radius 3 is 2.76 bits per heavy atom. The van der Waals surface area contributed by atoms with Crippen LogP contribution in [-0.2, 0) is 6.42 Å². The number of nitrogens with zero attached hydrogens (tertiary/aromatic N) is 1. The Balaban J connectivity index is 2.24. The summed E-state index contributed by atoms with van der Waals surface area (Å²) in [6.07, 6.45) is 6.78. The summed E-state index contributed by atoms with van der Waals surface area (Å²) in [6, 6.07) is 8.62. The number of nitrogens with one attached hydrogen (secondary N) is 1. The van der Waals surface area contributed by atoms with Gasteiger partial charge in [-0.3, -0.25) is 9.79 Å².